The van der Waals surface area contributed by atoms with Gasteiger partial charge in [-0.1, -0.05) is 54.6 Å². The van der Waals surface area contributed by atoms with Crippen molar-refractivity contribution in [3.05, 3.63) is 118 Å². The standard InChI is InChI=1S/C33H31N3O4/c1-40-28-13-7-22(8-14-28)18-31(37)34-29-15-16-30-27-17-23(20-36(30)33(29)39)19-35(21-27)32(38)26-11-9-25(10-12-26)24-5-3-2-4-6-24/h2-16,23,27H,17-21H2,1H3,(H,34,37)/t23-,27+/m0/s1. The molecule has 7 nitrogen and oxygen atoms in total. The molecule has 1 aromatic heterocycles. The highest BCUT2D eigenvalue weighted by Gasteiger charge is 2.37. The van der Waals surface area contributed by atoms with Crippen molar-refractivity contribution < 1.29 is 14.3 Å². The Labute approximate surface area is 233 Å². The lowest BCUT2D eigenvalue weighted by Crippen LogP contribution is -2.49. The van der Waals surface area contributed by atoms with Crippen LogP contribution in [0.4, 0.5) is 5.69 Å². The van der Waals surface area contributed by atoms with Gasteiger partial charge in [-0.25, -0.2) is 0 Å². The average Bonchev–Trinajstić information content (AvgIpc) is 2.99. The fraction of sp³-hybridized carbons (Fsp3) is 0.242. The minimum atomic E-state index is -0.242. The first-order valence-corrected chi connectivity index (χ1v) is 13.6. The summed E-state index contributed by atoms with van der Waals surface area (Å²) < 4.78 is 6.95. The number of anilines is 1. The van der Waals surface area contributed by atoms with Gasteiger partial charge in [0.15, 0.2) is 0 Å². The molecule has 202 valence electrons. The van der Waals surface area contributed by atoms with Crippen molar-refractivity contribution in [1.29, 1.82) is 0 Å². The number of piperidine rings is 1. The van der Waals surface area contributed by atoms with E-state index in [1.807, 2.05) is 77.7 Å². The van der Waals surface area contributed by atoms with E-state index < -0.39 is 0 Å². The fourth-order valence-corrected chi connectivity index (χ4v) is 5.95. The highest BCUT2D eigenvalue weighted by Crippen LogP contribution is 2.36. The number of rotatable bonds is 6. The number of amides is 2. The molecular formula is C33H31N3O4. The van der Waals surface area contributed by atoms with Crippen LogP contribution in [0.5, 0.6) is 5.75 Å². The van der Waals surface area contributed by atoms with Crippen LogP contribution in [0, 0.1) is 5.92 Å². The summed E-state index contributed by atoms with van der Waals surface area (Å²) in [6, 6.07) is 28.8. The minimum Gasteiger partial charge on any atom is -0.497 e. The Morgan fingerprint density at radius 1 is 0.850 bits per heavy atom. The van der Waals surface area contributed by atoms with Crippen LogP contribution < -0.4 is 15.6 Å². The van der Waals surface area contributed by atoms with Crippen molar-refractivity contribution in [3.8, 4) is 16.9 Å². The molecule has 3 aromatic carbocycles. The van der Waals surface area contributed by atoms with E-state index in [9.17, 15) is 14.4 Å². The quantitative estimate of drug-likeness (QED) is 0.380. The molecule has 4 aromatic rings. The third-order valence-corrected chi connectivity index (χ3v) is 7.93. The largest absolute Gasteiger partial charge is 0.497 e. The highest BCUT2D eigenvalue weighted by atomic mass is 16.5. The van der Waals surface area contributed by atoms with E-state index in [1.54, 1.807) is 17.7 Å². The van der Waals surface area contributed by atoms with Gasteiger partial charge in [-0.2, -0.15) is 0 Å². The van der Waals surface area contributed by atoms with Gasteiger partial charge in [0.2, 0.25) is 5.91 Å². The Morgan fingerprint density at radius 2 is 1.57 bits per heavy atom. The summed E-state index contributed by atoms with van der Waals surface area (Å²) in [6.07, 6.45) is 1.11. The van der Waals surface area contributed by atoms with Crippen molar-refractivity contribution in [1.82, 2.24) is 9.47 Å². The first kappa shape index (κ1) is 25.6. The summed E-state index contributed by atoms with van der Waals surface area (Å²) in [7, 11) is 1.60. The molecule has 40 heavy (non-hydrogen) atoms. The topological polar surface area (TPSA) is 80.6 Å². The summed E-state index contributed by atoms with van der Waals surface area (Å²) >= 11 is 0. The molecule has 1 saturated heterocycles. The molecule has 0 radical (unpaired) electrons. The SMILES string of the molecule is COc1ccc(CC(=O)Nc2ccc3n(c2=O)C[C@H]2C[C@@H]3CN(C(=O)c3ccc(-c4ccccc4)cc3)C2)cc1. The van der Waals surface area contributed by atoms with Crippen molar-refractivity contribution in [3.63, 3.8) is 0 Å². The molecule has 1 fully saturated rings. The molecule has 0 saturated carbocycles. The van der Waals surface area contributed by atoms with E-state index in [0.717, 1.165) is 34.6 Å². The van der Waals surface area contributed by atoms with Crippen LogP contribution in [0.15, 0.2) is 95.8 Å². The number of carbonyl (C=O) groups is 2. The Bertz CT molecular complexity index is 1590. The second-order valence-corrected chi connectivity index (χ2v) is 10.6. The highest BCUT2D eigenvalue weighted by molar-refractivity contribution is 5.95. The number of nitrogens with one attached hydrogen (secondary N) is 1. The number of fused-ring (bicyclic) bond motifs is 4. The first-order chi connectivity index (χ1) is 19.5. The predicted octanol–water partition coefficient (Wildman–Crippen LogP) is 4.96. The van der Waals surface area contributed by atoms with Crippen LogP contribution in [0.25, 0.3) is 11.1 Å². The molecule has 0 aliphatic carbocycles. The van der Waals surface area contributed by atoms with Crippen LogP contribution in [-0.4, -0.2) is 41.5 Å². The zero-order valence-corrected chi connectivity index (χ0v) is 22.4. The van der Waals surface area contributed by atoms with Gasteiger partial charge in [-0.3, -0.25) is 14.4 Å². The second-order valence-electron chi connectivity index (χ2n) is 10.6. The number of hydrogen-bond acceptors (Lipinski definition) is 4. The van der Waals surface area contributed by atoms with Crippen LogP contribution in [0.2, 0.25) is 0 Å². The lowest BCUT2D eigenvalue weighted by molar-refractivity contribution is -0.115. The number of benzene rings is 3. The predicted molar refractivity (Wildman–Crippen MR) is 155 cm³/mol. The molecule has 6 rings (SSSR count). The molecule has 2 bridgehead atoms. The number of methoxy groups -OCH3 is 1. The summed E-state index contributed by atoms with van der Waals surface area (Å²) in [5, 5.41) is 2.80. The Morgan fingerprint density at radius 3 is 2.30 bits per heavy atom. The number of hydrogen-bond donors (Lipinski definition) is 1. The van der Waals surface area contributed by atoms with Crippen LogP contribution in [0.3, 0.4) is 0 Å². The number of likely N-dealkylation sites (tertiary alicyclic amines) is 1. The summed E-state index contributed by atoms with van der Waals surface area (Å²) in [4.78, 5) is 41.4. The maximum Gasteiger partial charge on any atom is 0.274 e. The molecule has 0 spiro atoms. The van der Waals surface area contributed by atoms with Gasteiger partial charge in [0, 0.05) is 36.8 Å². The van der Waals surface area contributed by atoms with E-state index in [0.29, 0.717) is 25.2 Å². The normalized spacial score (nSPS) is 17.6. The van der Waals surface area contributed by atoms with E-state index >= 15 is 0 Å². The smallest absolute Gasteiger partial charge is 0.274 e. The lowest BCUT2D eigenvalue weighted by atomic mass is 9.83. The zero-order chi connectivity index (χ0) is 27.6. The first-order valence-electron chi connectivity index (χ1n) is 13.6. The number of ether oxygens (including phenoxy) is 1. The third kappa shape index (κ3) is 5.15. The number of pyridine rings is 1. The Kier molecular flexibility index (Phi) is 6.95. The summed E-state index contributed by atoms with van der Waals surface area (Å²) in [5.41, 5.74) is 4.73. The fourth-order valence-electron chi connectivity index (χ4n) is 5.95. The van der Waals surface area contributed by atoms with E-state index in [4.69, 9.17) is 4.74 Å². The van der Waals surface area contributed by atoms with Gasteiger partial charge in [0.1, 0.15) is 11.4 Å². The van der Waals surface area contributed by atoms with Crippen molar-refractivity contribution in [2.75, 3.05) is 25.5 Å². The van der Waals surface area contributed by atoms with Gasteiger partial charge in [0.05, 0.1) is 13.5 Å². The van der Waals surface area contributed by atoms with E-state index in [-0.39, 0.29) is 41.3 Å². The number of aromatic nitrogens is 1. The molecule has 2 aliphatic heterocycles. The Balaban J connectivity index is 1.14. The van der Waals surface area contributed by atoms with Gasteiger partial charge in [-0.05, 0) is 65.4 Å². The number of nitrogens with zero attached hydrogens (tertiary/aromatic N) is 2. The van der Waals surface area contributed by atoms with Crippen LogP contribution in [-0.2, 0) is 17.8 Å². The molecule has 2 amide bonds. The second kappa shape index (κ2) is 10.8. The van der Waals surface area contributed by atoms with Gasteiger partial charge in [-0.15, -0.1) is 0 Å². The van der Waals surface area contributed by atoms with E-state index in [2.05, 4.69) is 17.4 Å². The molecule has 0 unspecified atom stereocenters. The van der Waals surface area contributed by atoms with Gasteiger partial charge < -0.3 is 19.5 Å². The lowest BCUT2D eigenvalue weighted by Gasteiger charge is -2.43. The van der Waals surface area contributed by atoms with Crippen molar-refractivity contribution in [2.24, 2.45) is 5.92 Å². The minimum absolute atomic E-state index is 0.0209. The summed E-state index contributed by atoms with van der Waals surface area (Å²) in [6.45, 7) is 1.71. The summed E-state index contributed by atoms with van der Waals surface area (Å²) in [5.74, 6) is 0.767. The molecule has 2 aliphatic rings. The molecule has 1 N–H and O–H groups in total. The van der Waals surface area contributed by atoms with Gasteiger partial charge in [0.25, 0.3) is 11.5 Å². The van der Waals surface area contributed by atoms with E-state index in [1.165, 1.54) is 0 Å². The maximum absolute atomic E-state index is 13.4. The third-order valence-electron chi connectivity index (χ3n) is 7.93. The monoisotopic (exact) mass is 533 g/mol. The maximum atomic E-state index is 13.4. The molecule has 2 atom stereocenters. The average molecular weight is 534 g/mol. The Hall–Kier alpha value is -4.65. The number of carbonyl (C=O) groups excluding carboxylic acids is 2. The van der Waals surface area contributed by atoms with Gasteiger partial charge >= 0.3 is 0 Å². The molecular weight excluding hydrogens is 502 g/mol. The van der Waals surface area contributed by atoms with Crippen molar-refractivity contribution in [2.45, 2.75) is 25.3 Å². The van der Waals surface area contributed by atoms with Crippen LogP contribution in [0.1, 0.15) is 34.0 Å². The van der Waals surface area contributed by atoms with Crippen molar-refractivity contribution >= 4 is 17.5 Å². The zero-order valence-electron chi connectivity index (χ0n) is 22.4. The van der Waals surface area contributed by atoms with Crippen LogP contribution >= 0.6 is 0 Å². The molecule has 7 heteroatoms. The molecule has 3 heterocycles.